The molecule has 166 valence electrons. The molecule has 2 fully saturated rings. The van der Waals surface area contributed by atoms with E-state index in [1.54, 1.807) is 0 Å². The van der Waals surface area contributed by atoms with E-state index in [9.17, 15) is 28.1 Å². The van der Waals surface area contributed by atoms with E-state index >= 15 is 0 Å². The van der Waals surface area contributed by atoms with Crippen LogP contribution in [0.5, 0.6) is 5.75 Å². The summed E-state index contributed by atoms with van der Waals surface area (Å²) in [5.41, 5.74) is -1.64. The van der Waals surface area contributed by atoms with Gasteiger partial charge in [0.25, 0.3) is 11.4 Å². The largest absolute Gasteiger partial charge is 0.573 e. The Morgan fingerprint density at radius 3 is 2.10 bits per heavy atom. The first-order valence-electron chi connectivity index (χ1n) is 9.45. The summed E-state index contributed by atoms with van der Waals surface area (Å²) in [5, 5.41) is 14.0. The number of nitrogens with zero attached hydrogens (tertiary/aromatic N) is 1. The molecule has 3 rings (SSSR count). The minimum atomic E-state index is -4.80. The lowest BCUT2D eigenvalue weighted by Gasteiger charge is -2.47. The maximum absolute atomic E-state index is 12.5. The van der Waals surface area contributed by atoms with E-state index in [4.69, 9.17) is 9.47 Å². The fourth-order valence-electron chi connectivity index (χ4n) is 3.51. The molecular weight excluding hydrogens is 409 g/mol. The molecule has 0 aromatic heterocycles. The molecule has 8 nitrogen and oxygen atoms in total. The molecule has 1 aliphatic carbocycles. The van der Waals surface area contributed by atoms with Gasteiger partial charge < -0.3 is 19.5 Å². The zero-order chi connectivity index (χ0) is 22.2. The average Bonchev–Trinajstić information content (AvgIpc) is 2.66. The standard InChI is InChI=1S/C19H23F3N2O6/c1-16(23-15(25)13-3-5-14(6-4-13)30-19(20,21)22)7-9-18(10-8-16)28-11-17(2,12-29-18)24(26)27/h3-6H,7-12H2,1-2H3,(H,23,25). The van der Waals surface area contributed by atoms with Gasteiger partial charge in [0, 0.05) is 35.8 Å². The smallest absolute Gasteiger partial charge is 0.406 e. The van der Waals surface area contributed by atoms with Gasteiger partial charge in [0.2, 0.25) is 0 Å². The lowest BCUT2D eigenvalue weighted by Crippen LogP contribution is -2.59. The Bertz CT molecular complexity index is 793. The highest BCUT2D eigenvalue weighted by atomic mass is 19.4. The SMILES string of the molecule is CC1(NC(=O)c2ccc(OC(F)(F)F)cc2)CCC2(CC1)OCC(C)([N+](=O)[O-])CO2. The normalized spacial score (nSPS) is 31.9. The maximum Gasteiger partial charge on any atom is 0.573 e. The number of halogens is 3. The minimum absolute atomic E-state index is 0.0462. The number of nitrogens with one attached hydrogen (secondary N) is 1. The Labute approximate surface area is 170 Å². The summed E-state index contributed by atoms with van der Waals surface area (Å²) in [4.78, 5) is 23.3. The predicted molar refractivity (Wildman–Crippen MR) is 97.5 cm³/mol. The van der Waals surface area contributed by atoms with Crippen molar-refractivity contribution in [2.75, 3.05) is 13.2 Å². The van der Waals surface area contributed by atoms with Crippen LogP contribution in [0, 0.1) is 10.1 Å². The molecule has 1 aromatic rings. The van der Waals surface area contributed by atoms with E-state index in [1.807, 2.05) is 6.92 Å². The second-order valence-corrected chi connectivity index (χ2v) is 8.33. The number of benzene rings is 1. The van der Waals surface area contributed by atoms with Crippen molar-refractivity contribution in [2.45, 2.75) is 62.8 Å². The number of hydrogen-bond acceptors (Lipinski definition) is 6. The van der Waals surface area contributed by atoms with Crippen LogP contribution >= 0.6 is 0 Å². The Balaban J connectivity index is 1.56. The number of carbonyl (C=O) groups excluding carboxylic acids is 1. The first kappa shape index (κ1) is 22.3. The molecule has 1 heterocycles. The van der Waals surface area contributed by atoms with E-state index in [2.05, 4.69) is 10.1 Å². The fraction of sp³-hybridized carbons (Fsp3) is 0.632. The van der Waals surface area contributed by atoms with Crippen LogP contribution in [-0.2, 0) is 9.47 Å². The second kappa shape index (κ2) is 7.69. The molecule has 11 heteroatoms. The van der Waals surface area contributed by atoms with Crippen molar-refractivity contribution in [1.29, 1.82) is 0 Å². The van der Waals surface area contributed by atoms with E-state index in [0.717, 1.165) is 12.1 Å². The molecule has 0 unspecified atom stereocenters. The molecule has 2 aliphatic rings. The van der Waals surface area contributed by atoms with Gasteiger partial charge in [0.15, 0.2) is 5.79 Å². The Morgan fingerprint density at radius 1 is 1.10 bits per heavy atom. The van der Waals surface area contributed by atoms with Crippen LogP contribution in [0.2, 0.25) is 0 Å². The van der Waals surface area contributed by atoms with E-state index in [-0.39, 0.29) is 18.8 Å². The Kier molecular flexibility index (Phi) is 5.72. The van der Waals surface area contributed by atoms with Crippen LogP contribution in [0.15, 0.2) is 24.3 Å². The fourth-order valence-corrected chi connectivity index (χ4v) is 3.51. The average molecular weight is 432 g/mol. The molecule has 0 bridgehead atoms. The molecule has 1 saturated heterocycles. The molecular formula is C19H23F3N2O6. The minimum Gasteiger partial charge on any atom is -0.406 e. The highest BCUT2D eigenvalue weighted by Gasteiger charge is 2.52. The van der Waals surface area contributed by atoms with Gasteiger partial charge >= 0.3 is 6.36 Å². The van der Waals surface area contributed by atoms with E-state index in [1.165, 1.54) is 19.1 Å². The van der Waals surface area contributed by atoms with Crippen LogP contribution < -0.4 is 10.1 Å². The molecule has 1 amide bonds. The lowest BCUT2D eigenvalue weighted by molar-refractivity contribution is -0.592. The Morgan fingerprint density at radius 2 is 1.63 bits per heavy atom. The van der Waals surface area contributed by atoms with Crippen molar-refractivity contribution in [2.24, 2.45) is 0 Å². The van der Waals surface area contributed by atoms with Crippen molar-refractivity contribution < 1.29 is 37.1 Å². The number of amides is 1. The van der Waals surface area contributed by atoms with Gasteiger partial charge in [0.05, 0.1) is 0 Å². The lowest BCUT2D eigenvalue weighted by atomic mass is 9.79. The summed E-state index contributed by atoms with van der Waals surface area (Å²) >= 11 is 0. The molecule has 0 atom stereocenters. The summed E-state index contributed by atoms with van der Waals surface area (Å²) in [6, 6.07) is 4.68. The number of ether oxygens (including phenoxy) is 3. The van der Waals surface area contributed by atoms with Gasteiger partial charge in [-0.15, -0.1) is 13.2 Å². The molecule has 1 spiro atoms. The van der Waals surface area contributed by atoms with Crippen molar-refractivity contribution in [3.63, 3.8) is 0 Å². The number of carbonyl (C=O) groups is 1. The number of nitro groups is 1. The third-order valence-electron chi connectivity index (χ3n) is 5.61. The van der Waals surface area contributed by atoms with Crippen LogP contribution in [0.25, 0.3) is 0 Å². The predicted octanol–water partition coefficient (Wildman–Crippen LogP) is 3.43. The molecule has 1 aromatic carbocycles. The van der Waals surface area contributed by atoms with Gasteiger partial charge in [-0.25, -0.2) is 0 Å². The molecule has 1 N–H and O–H groups in total. The third kappa shape index (κ3) is 5.01. The van der Waals surface area contributed by atoms with Crippen molar-refractivity contribution in [1.82, 2.24) is 5.32 Å². The van der Waals surface area contributed by atoms with E-state index in [0.29, 0.717) is 25.7 Å². The highest BCUT2D eigenvalue weighted by Crippen LogP contribution is 2.41. The van der Waals surface area contributed by atoms with Gasteiger partial charge in [0.1, 0.15) is 19.0 Å². The summed E-state index contributed by atoms with van der Waals surface area (Å²) in [6.45, 7) is 3.24. The monoisotopic (exact) mass is 432 g/mol. The maximum atomic E-state index is 12.5. The highest BCUT2D eigenvalue weighted by molar-refractivity contribution is 5.94. The number of rotatable bonds is 4. The number of hydrogen-bond donors (Lipinski definition) is 1. The summed E-state index contributed by atoms with van der Waals surface area (Å²) in [5.74, 6) is -1.72. The zero-order valence-electron chi connectivity index (χ0n) is 16.6. The van der Waals surface area contributed by atoms with Crippen molar-refractivity contribution in [3.05, 3.63) is 39.9 Å². The van der Waals surface area contributed by atoms with Gasteiger partial charge in [-0.05, 0) is 44.0 Å². The number of alkyl halides is 3. The quantitative estimate of drug-likeness (QED) is 0.578. The molecule has 1 saturated carbocycles. The van der Waals surface area contributed by atoms with Crippen LogP contribution in [0.1, 0.15) is 49.9 Å². The summed E-state index contributed by atoms with van der Waals surface area (Å²) in [6.07, 6.45) is -2.85. The van der Waals surface area contributed by atoms with Crippen LogP contribution in [0.4, 0.5) is 13.2 Å². The second-order valence-electron chi connectivity index (χ2n) is 8.33. The molecule has 1 aliphatic heterocycles. The summed E-state index contributed by atoms with van der Waals surface area (Å²) in [7, 11) is 0. The first-order valence-corrected chi connectivity index (χ1v) is 9.45. The zero-order valence-corrected chi connectivity index (χ0v) is 16.6. The summed E-state index contributed by atoms with van der Waals surface area (Å²) < 4.78 is 52.0. The topological polar surface area (TPSA) is 99.9 Å². The molecule has 30 heavy (non-hydrogen) atoms. The van der Waals surface area contributed by atoms with Gasteiger partial charge in [-0.2, -0.15) is 0 Å². The van der Waals surface area contributed by atoms with E-state index < -0.39 is 39.8 Å². The first-order chi connectivity index (χ1) is 13.8. The van der Waals surface area contributed by atoms with Crippen molar-refractivity contribution in [3.8, 4) is 5.75 Å². The molecule has 0 radical (unpaired) electrons. The van der Waals surface area contributed by atoms with Crippen LogP contribution in [-0.4, -0.2) is 47.3 Å². The third-order valence-corrected chi connectivity index (χ3v) is 5.61. The van der Waals surface area contributed by atoms with Crippen molar-refractivity contribution >= 4 is 5.91 Å². The van der Waals surface area contributed by atoms with Crippen LogP contribution in [0.3, 0.4) is 0 Å². The van der Waals surface area contributed by atoms with Gasteiger partial charge in [-0.3, -0.25) is 14.9 Å². The Hall–Kier alpha value is -2.40. The van der Waals surface area contributed by atoms with Gasteiger partial charge in [-0.1, -0.05) is 0 Å².